The van der Waals surface area contributed by atoms with Crippen LogP contribution in [0, 0.1) is 0 Å². The maximum atomic E-state index is 14.3. The average Bonchev–Trinajstić information content (AvgIpc) is 2.86. The maximum absolute atomic E-state index is 14.3. The Morgan fingerprint density at radius 1 is 0.963 bits per heavy atom. The number of benzene rings is 2. The van der Waals surface area contributed by atoms with E-state index >= 15 is 0 Å². The van der Waals surface area contributed by atoms with Gasteiger partial charge in [-0.25, -0.2) is 0 Å². The molecule has 0 heterocycles. The molecule has 0 saturated carbocycles. The molecule has 0 spiro atoms. The van der Waals surface area contributed by atoms with Gasteiger partial charge in [0.1, 0.15) is 0 Å². The van der Waals surface area contributed by atoms with Crippen molar-refractivity contribution in [3.05, 3.63) is 59.7 Å². The fourth-order valence-electron chi connectivity index (χ4n) is 4.10. The number of fused-ring (bicyclic) bond motifs is 3. The molecule has 2 nitrogen and oxygen atoms in total. The van der Waals surface area contributed by atoms with E-state index in [1.54, 1.807) is 0 Å². The summed E-state index contributed by atoms with van der Waals surface area (Å²) in [5, 5.41) is 2.09. The molecule has 0 N–H and O–H groups in total. The molecule has 2 aromatic carbocycles. The van der Waals surface area contributed by atoms with Crippen LogP contribution in [0.3, 0.4) is 0 Å². The third-order valence-electron chi connectivity index (χ3n) is 5.18. The third kappa shape index (κ3) is 5.51. The zero-order chi connectivity index (χ0) is 18.3. The van der Waals surface area contributed by atoms with Gasteiger partial charge < -0.3 is 0 Å². The molecular weight excluding hydrogens is 447 g/mol. The number of rotatable bonds is 6. The Labute approximate surface area is 179 Å². The van der Waals surface area contributed by atoms with E-state index in [1.165, 1.54) is 22.3 Å². The fourth-order valence-corrected chi connectivity index (χ4v) is 13.4. The summed E-state index contributed by atoms with van der Waals surface area (Å²) in [4.78, 5) is 0. The Morgan fingerprint density at radius 2 is 1.41 bits per heavy atom. The summed E-state index contributed by atoms with van der Waals surface area (Å²) in [6.45, 7) is 7.35. The number of hydrogen-bond acceptors (Lipinski definition) is 2. The molecule has 0 unspecified atom stereocenters. The van der Waals surface area contributed by atoms with E-state index in [-0.39, 0.29) is 29.0 Å². The minimum atomic E-state index is -3.94. The van der Waals surface area contributed by atoms with Crippen LogP contribution >= 0.6 is 24.8 Å². The minimum absolute atomic E-state index is 0. The molecule has 149 valence electrons. The number of hydrogen-bond donors (Lipinski definition) is 0. The van der Waals surface area contributed by atoms with Crippen LogP contribution in [-0.4, -0.2) is 22.6 Å². The predicted octanol–water partition coefficient (Wildman–Crippen LogP) is 5.89. The Morgan fingerprint density at radius 3 is 1.85 bits per heavy atom. The standard InChI is InChI=1S/C13H9.C6H15OSi.CH3.2ClH.O.H2Si.Ti/c1-3-7-12-10(5-1)9-11-6-2-4-8-13(11)12;1-5-6-7-8(2,3)4;;;;;;/h1-9H;1,5-6H2,2-4H3;1H3;2*1H;;1H2;. The van der Waals surface area contributed by atoms with Crippen LogP contribution < -0.4 is 0 Å². The molecule has 0 saturated heterocycles. The van der Waals surface area contributed by atoms with Crippen molar-refractivity contribution in [2.75, 3.05) is 6.61 Å². The van der Waals surface area contributed by atoms with E-state index < -0.39 is 22.3 Å². The molecule has 7 heteroatoms. The van der Waals surface area contributed by atoms with Gasteiger partial charge in [0.05, 0.1) is 0 Å². The Bertz CT molecular complexity index is 887. The van der Waals surface area contributed by atoms with E-state index in [0.717, 1.165) is 17.8 Å². The van der Waals surface area contributed by atoms with E-state index in [4.69, 9.17) is 4.43 Å². The molecule has 0 aromatic heterocycles. The molecule has 0 amide bonds. The molecule has 27 heavy (non-hydrogen) atoms. The summed E-state index contributed by atoms with van der Waals surface area (Å²) < 4.78 is 21.2. The second kappa shape index (κ2) is 8.74. The van der Waals surface area contributed by atoms with Crippen LogP contribution in [0.4, 0.5) is 0 Å². The molecule has 0 atom stereocenters. The summed E-state index contributed by atoms with van der Waals surface area (Å²) in [5.41, 5.74) is 5.06. The molecule has 1 aliphatic carbocycles. The van der Waals surface area contributed by atoms with Gasteiger partial charge in [-0.2, -0.15) is 0 Å². The van der Waals surface area contributed by atoms with Gasteiger partial charge in [0.25, 0.3) is 0 Å². The maximum Gasteiger partial charge on any atom is -0.147 e. The van der Waals surface area contributed by atoms with Crippen molar-refractivity contribution in [3.63, 3.8) is 0 Å². The summed E-state index contributed by atoms with van der Waals surface area (Å²) >= 11 is -3.94. The van der Waals surface area contributed by atoms with Crippen LogP contribution in [-0.2, 0) is 21.8 Å². The second-order valence-corrected chi connectivity index (χ2v) is 30.1. The Kier molecular flexibility index (Phi) is 8.08. The van der Waals surface area contributed by atoms with E-state index in [9.17, 15) is 3.32 Å². The quantitative estimate of drug-likeness (QED) is 0.382. The summed E-state index contributed by atoms with van der Waals surface area (Å²) in [7, 11) is 0.317. The first-order chi connectivity index (χ1) is 11.6. The van der Waals surface area contributed by atoms with Gasteiger partial charge in [-0.15, -0.1) is 24.8 Å². The van der Waals surface area contributed by atoms with E-state index in [1.807, 2.05) is 7.63 Å². The molecule has 0 radical (unpaired) electrons. The average molecular weight is 478 g/mol. The number of halogens is 2. The van der Waals surface area contributed by atoms with Gasteiger partial charge in [0, 0.05) is 0 Å². The Balaban J connectivity index is 0.00000182. The zero-order valence-corrected chi connectivity index (χ0v) is 22.3. The molecule has 2 aromatic rings. The first-order valence-electron chi connectivity index (χ1n) is 9.17. The van der Waals surface area contributed by atoms with Crippen molar-refractivity contribution in [2.45, 2.75) is 40.2 Å². The van der Waals surface area contributed by atoms with Crippen molar-refractivity contribution in [2.24, 2.45) is 0 Å². The molecule has 0 aliphatic heterocycles. The van der Waals surface area contributed by atoms with Gasteiger partial charge in [-0.05, 0) is 0 Å². The minimum Gasteiger partial charge on any atom is -0.147 e. The normalized spacial score (nSPS) is 14.0. The van der Waals surface area contributed by atoms with Crippen LogP contribution in [0.5, 0.6) is 0 Å². The first-order valence-corrected chi connectivity index (χ1v) is 20.8. The smallest absolute Gasteiger partial charge is 0.147 e. The van der Waals surface area contributed by atoms with Gasteiger partial charge in [0.2, 0.25) is 0 Å². The van der Waals surface area contributed by atoms with E-state index in [0.29, 0.717) is 0 Å². The molecule has 3 rings (SSSR count). The summed E-state index contributed by atoms with van der Waals surface area (Å²) in [6.07, 6.45) is 0.895. The van der Waals surface area contributed by atoms with Gasteiger partial charge in [-0.1, -0.05) is 0 Å². The fraction of sp³-hybridized carbons (Fsp3) is 0.400. The molecule has 1 aliphatic rings. The summed E-state index contributed by atoms with van der Waals surface area (Å²) in [5.74, 6) is 0. The monoisotopic (exact) mass is 477 g/mol. The molecule has 0 fully saturated rings. The topological polar surface area (TPSA) is 26.3 Å². The molecule has 0 bridgehead atoms. The third-order valence-corrected chi connectivity index (χ3v) is 15.6. The van der Waals surface area contributed by atoms with Crippen molar-refractivity contribution < 1.29 is 21.8 Å². The van der Waals surface area contributed by atoms with Crippen molar-refractivity contribution in [1.82, 2.24) is 0 Å². The first kappa shape index (κ1) is 25.0. The van der Waals surface area contributed by atoms with Gasteiger partial charge in [-0.3, -0.25) is 0 Å². The predicted molar refractivity (Wildman–Crippen MR) is 122 cm³/mol. The second-order valence-electron chi connectivity index (χ2n) is 8.94. The van der Waals surface area contributed by atoms with Gasteiger partial charge in [0.15, 0.2) is 0 Å². The molecular formula is C20H31Cl2O2Si2Ti. The van der Waals surface area contributed by atoms with Crippen molar-refractivity contribution in [3.8, 4) is 11.1 Å². The van der Waals surface area contributed by atoms with Crippen LogP contribution in [0.1, 0.15) is 21.8 Å². The Hall–Kier alpha value is -0.0719. The van der Waals surface area contributed by atoms with Crippen molar-refractivity contribution >= 4 is 40.8 Å². The van der Waals surface area contributed by atoms with E-state index in [2.05, 4.69) is 73.4 Å². The summed E-state index contributed by atoms with van der Waals surface area (Å²) in [6, 6.07) is 17.0. The van der Waals surface area contributed by atoms with Crippen LogP contribution in [0.15, 0.2) is 48.5 Å². The van der Waals surface area contributed by atoms with Gasteiger partial charge >= 0.3 is 155 Å². The SMILES string of the molecule is C[Si](C)(C)OCC[CH2][Ti]([CH3])(=[O])(=[SiH2])[CH]1c2ccccc2-c2ccccc21.Cl.Cl. The van der Waals surface area contributed by atoms with Crippen LogP contribution in [0.2, 0.25) is 29.6 Å². The zero-order valence-electron chi connectivity index (χ0n) is 16.7. The van der Waals surface area contributed by atoms with Crippen LogP contribution in [0.25, 0.3) is 11.1 Å². The largest absolute Gasteiger partial charge is 0.147 e. The van der Waals surface area contributed by atoms with Crippen molar-refractivity contribution in [1.29, 1.82) is 0 Å².